The van der Waals surface area contributed by atoms with E-state index in [-0.39, 0.29) is 12.3 Å². The summed E-state index contributed by atoms with van der Waals surface area (Å²) in [6.45, 7) is 0. The lowest BCUT2D eigenvalue weighted by atomic mass is 10.1. The third kappa shape index (κ3) is 7.29. The van der Waals surface area contributed by atoms with Gasteiger partial charge in [0.15, 0.2) is 0 Å². The molecule has 0 aliphatic heterocycles. The quantitative estimate of drug-likeness (QED) is 0.153. The first-order valence-corrected chi connectivity index (χ1v) is 10.7. The Morgan fingerprint density at radius 1 is 1.06 bits per heavy atom. The highest BCUT2D eigenvalue weighted by Crippen LogP contribution is 2.21. The third-order valence-electron chi connectivity index (χ3n) is 4.99. The van der Waals surface area contributed by atoms with Crippen molar-refractivity contribution in [3.63, 3.8) is 0 Å². The van der Waals surface area contributed by atoms with Gasteiger partial charge < -0.3 is 15.1 Å². The normalized spacial score (nSPS) is 11.9. The Bertz CT molecular complexity index is 1110. The molecule has 3 aromatic rings. The van der Waals surface area contributed by atoms with Crippen molar-refractivity contribution in [3.8, 4) is 0 Å². The van der Waals surface area contributed by atoms with Gasteiger partial charge in [0.05, 0.1) is 17.5 Å². The number of hydroxylamine groups is 1. The van der Waals surface area contributed by atoms with Crippen molar-refractivity contribution in [3.05, 3.63) is 66.8 Å². The van der Waals surface area contributed by atoms with Crippen LogP contribution in [-0.4, -0.2) is 34.0 Å². The summed E-state index contributed by atoms with van der Waals surface area (Å²) in [6.07, 6.45) is 8.37. The van der Waals surface area contributed by atoms with Gasteiger partial charge in [0.1, 0.15) is 11.8 Å². The van der Waals surface area contributed by atoms with Crippen molar-refractivity contribution in [1.29, 1.82) is 0 Å². The zero-order valence-corrected chi connectivity index (χ0v) is 18.0. The van der Waals surface area contributed by atoms with E-state index < -0.39 is 17.9 Å². The molecule has 172 valence electrons. The van der Waals surface area contributed by atoms with Crippen LogP contribution in [0.5, 0.6) is 0 Å². The number of hydrogen-bond acceptors (Lipinski definition) is 6. The molecule has 0 spiro atoms. The molecule has 33 heavy (non-hydrogen) atoms. The predicted molar refractivity (Wildman–Crippen MR) is 123 cm³/mol. The molecule has 4 N–H and O–H groups in total. The monoisotopic (exact) mass is 450 g/mol. The SMILES string of the molecule is O=C(/C=C/c1ccco1)N[C@@H](CCCCCC(=O)NO)C(=O)Nc1cccc2cccnc12. The second-order valence-electron chi connectivity index (χ2n) is 7.41. The molecule has 0 saturated heterocycles. The number of rotatable bonds is 11. The molecule has 9 heteroatoms. The van der Waals surface area contributed by atoms with Gasteiger partial charge in [0.2, 0.25) is 17.7 Å². The van der Waals surface area contributed by atoms with Crippen molar-refractivity contribution in [1.82, 2.24) is 15.8 Å². The summed E-state index contributed by atoms with van der Waals surface area (Å²) in [4.78, 5) is 41.0. The third-order valence-corrected chi connectivity index (χ3v) is 4.99. The Morgan fingerprint density at radius 3 is 2.70 bits per heavy atom. The first kappa shape index (κ1) is 23.7. The Balaban J connectivity index is 1.65. The molecule has 9 nitrogen and oxygen atoms in total. The van der Waals surface area contributed by atoms with Gasteiger partial charge in [-0.05, 0) is 43.2 Å². The van der Waals surface area contributed by atoms with Crippen LogP contribution in [0.2, 0.25) is 0 Å². The minimum absolute atomic E-state index is 0.188. The summed E-state index contributed by atoms with van der Waals surface area (Å²) in [5.74, 6) is -0.720. The van der Waals surface area contributed by atoms with Crippen LogP contribution >= 0.6 is 0 Å². The lowest BCUT2D eigenvalue weighted by Gasteiger charge is -2.18. The van der Waals surface area contributed by atoms with Crippen molar-refractivity contribution in [2.75, 3.05) is 5.32 Å². The van der Waals surface area contributed by atoms with Gasteiger partial charge in [0.25, 0.3) is 0 Å². The highest BCUT2D eigenvalue weighted by molar-refractivity contribution is 6.04. The number of aromatic nitrogens is 1. The molecule has 2 heterocycles. The van der Waals surface area contributed by atoms with Crippen LogP contribution in [0.25, 0.3) is 17.0 Å². The van der Waals surface area contributed by atoms with Gasteiger partial charge in [-0.3, -0.25) is 24.6 Å². The number of nitrogens with zero attached hydrogens (tertiary/aromatic N) is 1. The molecule has 1 aromatic carbocycles. The van der Waals surface area contributed by atoms with E-state index in [1.54, 1.807) is 29.9 Å². The number of furan rings is 1. The molecular formula is C24H26N4O5. The Labute approximate surface area is 190 Å². The summed E-state index contributed by atoms with van der Waals surface area (Å²) in [5, 5.41) is 15.1. The standard InChI is InChI=1S/C24H26N4O5/c29-21(14-13-18-9-6-16-33-18)26-20(10-2-1-3-12-22(30)28-32)24(31)27-19-11-4-7-17-8-5-15-25-23(17)19/h4-9,11,13-16,20,32H,1-3,10,12H2,(H,26,29)(H,27,31)(H,28,30)/b14-13+/t20-/m0/s1. The lowest BCUT2D eigenvalue weighted by molar-refractivity contribution is -0.129. The smallest absolute Gasteiger partial charge is 0.247 e. The molecule has 2 aromatic heterocycles. The van der Waals surface area contributed by atoms with Crippen LogP contribution in [0.3, 0.4) is 0 Å². The topological polar surface area (TPSA) is 134 Å². The fraction of sp³-hybridized carbons (Fsp3) is 0.250. The highest BCUT2D eigenvalue weighted by Gasteiger charge is 2.20. The fourth-order valence-electron chi connectivity index (χ4n) is 3.32. The van der Waals surface area contributed by atoms with Crippen LogP contribution in [0, 0.1) is 0 Å². The van der Waals surface area contributed by atoms with Gasteiger partial charge in [-0.2, -0.15) is 0 Å². The van der Waals surface area contributed by atoms with Crippen molar-refractivity contribution in [2.24, 2.45) is 0 Å². The summed E-state index contributed by atoms with van der Waals surface area (Å²) in [6, 6.07) is 11.8. The largest absolute Gasteiger partial charge is 0.465 e. The molecule has 0 bridgehead atoms. The van der Waals surface area contributed by atoms with E-state index in [1.165, 1.54) is 18.4 Å². The second kappa shape index (κ2) is 12.2. The first-order chi connectivity index (χ1) is 16.1. The van der Waals surface area contributed by atoms with Crippen molar-refractivity contribution >= 4 is 40.4 Å². The number of anilines is 1. The van der Waals surface area contributed by atoms with E-state index in [9.17, 15) is 14.4 Å². The molecule has 3 rings (SSSR count). The van der Waals surface area contributed by atoms with Gasteiger partial charge in [-0.15, -0.1) is 0 Å². The van der Waals surface area contributed by atoms with Crippen molar-refractivity contribution in [2.45, 2.75) is 38.1 Å². The highest BCUT2D eigenvalue weighted by atomic mass is 16.5. The van der Waals surface area contributed by atoms with Crippen LogP contribution in [0.1, 0.15) is 37.9 Å². The molecule has 3 amide bonds. The van der Waals surface area contributed by atoms with Crippen LogP contribution in [0.15, 0.2) is 65.4 Å². The fourth-order valence-corrected chi connectivity index (χ4v) is 3.32. The van der Waals surface area contributed by atoms with E-state index >= 15 is 0 Å². The summed E-state index contributed by atoms with van der Waals surface area (Å²) in [5.41, 5.74) is 2.81. The molecule has 0 aliphatic rings. The maximum atomic E-state index is 13.0. The van der Waals surface area contributed by atoms with Gasteiger partial charge in [-0.1, -0.05) is 31.0 Å². The number of carbonyl (C=O) groups excluding carboxylic acids is 3. The van der Waals surface area contributed by atoms with E-state index in [0.717, 1.165) is 5.39 Å². The zero-order chi connectivity index (χ0) is 23.5. The number of para-hydroxylation sites is 1. The average Bonchev–Trinajstić information content (AvgIpc) is 3.35. The van der Waals surface area contributed by atoms with Crippen molar-refractivity contribution < 1.29 is 24.0 Å². The molecule has 0 radical (unpaired) electrons. The number of benzene rings is 1. The molecular weight excluding hydrogens is 424 g/mol. The maximum absolute atomic E-state index is 13.0. The Hall–Kier alpha value is -3.98. The number of fused-ring (bicyclic) bond motifs is 1. The zero-order valence-electron chi connectivity index (χ0n) is 18.0. The molecule has 0 unspecified atom stereocenters. The molecule has 0 fully saturated rings. The average molecular weight is 450 g/mol. The number of amides is 3. The van der Waals surface area contributed by atoms with E-state index in [2.05, 4.69) is 15.6 Å². The van der Waals surface area contributed by atoms with E-state index in [1.807, 2.05) is 24.3 Å². The number of unbranched alkanes of at least 4 members (excludes halogenated alkanes) is 2. The molecule has 0 aliphatic carbocycles. The summed E-state index contributed by atoms with van der Waals surface area (Å²) >= 11 is 0. The number of pyridine rings is 1. The lowest BCUT2D eigenvalue weighted by Crippen LogP contribution is -2.43. The van der Waals surface area contributed by atoms with Gasteiger partial charge in [0, 0.05) is 24.1 Å². The minimum atomic E-state index is -0.788. The predicted octanol–water partition coefficient (Wildman–Crippen LogP) is 3.42. The maximum Gasteiger partial charge on any atom is 0.247 e. The summed E-state index contributed by atoms with van der Waals surface area (Å²) < 4.78 is 5.17. The Kier molecular flexibility index (Phi) is 8.72. The second-order valence-corrected chi connectivity index (χ2v) is 7.41. The number of carbonyl (C=O) groups is 3. The first-order valence-electron chi connectivity index (χ1n) is 10.7. The number of hydrogen-bond donors (Lipinski definition) is 4. The van der Waals surface area contributed by atoms with Gasteiger partial charge in [-0.25, -0.2) is 5.48 Å². The number of nitrogens with one attached hydrogen (secondary N) is 3. The van der Waals surface area contributed by atoms with Crippen LogP contribution in [0.4, 0.5) is 5.69 Å². The minimum Gasteiger partial charge on any atom is -0.465 e. The van der Waals surface area contributed by atoms with E-state index in [4.69, 9.17) is 9.62 Å². The molecule has 1 atom stereocenters. The van der Waals surface area contributed by atoms with Crippen LogP contribution in [-0.2, 0) is 14.4 Å². The van der Waals surface area contributed by atoms with Gasteiger partial charge >= 0.3 is 0 Å². The van der Waals surface area contributed by atoms with Crippen LogP contribution < -0.4 is 16.1 Å². The molecule has 0 saturated carbocycles. The Morgan fingerprint density at radius 2 is 1.91 bits per heavy atom. The van der Waals surface area contributed by atoms with E-state index in [0.29, 0.717) is 42.6 Å². The summed E-state index contributed by atoms with van der Waals surface area (Å²) in [7, 11) is 0.